The van der Waals surface area contributed by atoms with E-state index in [0.29, 0.717) is 32.3 Å². The molecule has 5 nitrogen and oxygen atoms in total. The smallest absolute Gasteiger partial charge is 0.256 e. The molecule has 4 aromatic rings. The van der Waals surface area contributed by atoms with Crippen molar-refractivity contribution in [1.82, 2.24) is 4.98 Å². The molecule has 1 heterocycles. The molecule has 0 radical (unpaired) electrons. The van der Waals surface area contributed by atoms with E-state index in [4.69, 9.17) is 11.6 Å². The molecule has 33 heavy (non-hydrogen) atoms. The highest BCUT2D eigenvalue weighted by Crippen LogP contribution is 2.36. The van der Waals surface area contributed by atoms with E-state index in [9.17, 15) is 4.79 Å². The van der Waals surface area contributed by atoms with Gasteiger partial charge in [-0.2, -0.15) is 5.10 Å². The van der Waals surface area contributed by atoms with E-state index in [1.54, 1.807) is 30.5 Å². The molecule has 7 heteroatoms. The summed E-state index contributed by atoms with van der Waals surface area (Å²) in [6.07, 6.45) is 1.75. The third-order valence-electron chi connectivity index (χ3n) is 4.98. The summed E-state index contributed by atoms with van der Waals surface area (Å²) in [4.78, 5) is 17.4. The van der Waals surface area contributed by atoms with E-state index in [1.165, 1.54) is 16.9 Å². The van der Waals surface area contributed by atoms with Gasteiger partial charge in [-0.1, -0.05) is 91.4 Å². The minimum absolute atomic E-state index is 0.229. The van der Waals surface area contributed by atoms with Gasteiger partial charge in [-0.3, -0.25) is 10.2 Å². The number of anilines is 2. The summed E-state index contributed by atoms with van der Waals surface area (Å²) in [7, 11) is 0. The lowest BCUT2D eigenvalue weighted by Gasteiger charge is -2.05. The Morgan fingerprint density at radius 1 is 1.00 bits per heavy atom. The number of nitrogens with zero attached hydrogens (tertiary/aromatic N) is 2. The van der Waals surface area contributed by atoms with Crippen LogP contribution in [0, 0.1) is 0 Å². The highest BCUT2D eigenvalue weighted by Gasteiger charge is 2.16. The topological polar surface area (TPSA) is 66.4 Å². The Balaban J connectivity index is 1.54. The second-order valence-electron chi connectivity index (χ2n) is 7.72. The van der Waals surface area contributed by atoms with Crippen LogP contribution in [0.1, 0.15) is 41.3 Å². The van der Waals surface area contributed by atoms with E-state index in [1.807, 2.05) is 42.5 Å². The van der Waals surface area contributed by atoms with Crippen LogP contribution in [0.15, 0.2) is 84.0 Å². The number of hydrogen-bond donors (Lipinski definition) is 2. The van der Waals surface area contributed by atoms with Crippen molar-refractivity contribution in [2.75, 3.05) is 10.7 Å². The normalized spacial score (nSPS) is 11.2. The van der Waals surface area contributed by atoms with Gasteiger partial charge in [0.25, 0.3) is 5.91 Å². The highest BCUT2D eigenvalue weighted by molar-refractivity contribution is 7.20. The van der Waals surface area contributed by atoms with Gasteiger partial charge in [0, 0.05) is 16.1 Å². The molecule has 3 aromatic carbocycles. The summed E-state index contributed by atoms with van der Waals surface area (Å²) in [5.74, 6) is 0.259. The first-order valence-electron chi connectivity index (χ1n) is 10.5. The molecule has 0 aliphatic heterocycles. The SMILES string of the molecule is CC(C)c1ccc(/C=N\Nc2nc(-c3ccccc3)c(NC(=O)c3ccc(Cl)cc3)s2)cc1. The lowest BCUT2D eigenvalue weighted by Crippen LogP contribution is -2.11. The van der Waals surface area contributed by atoms with Crippen LogP contribution in [-0.2, 0) is 0 Å². The lowest BCUT2D eigenvalue weighted by atomic mass is 10.0. The van der Waals surface area contributed by atoms with Crippen LogP contribution in [0.2, 0.25) is 5.02 Å². The average molecular weight is 475 g/mol. The molecule has 0 bridgehead atoms. The fourth-order valence-corrected chi connectivity index (χ4v) is 4.11. The van der Waals surface area contributed by atoms with Crippen molar-refractivity contribution < 1.29 is 4.79 Å². The Labute approximate surface area is 202 Å². The third kappa shape index (κ3) is 5.86. The zero-order valence-corrected chi connectivity index (χ0v) is 19.8. The highest BCUT2D eigenvalue weighted by atomic mass is 35.5. The molecule has 0 saturated carbocycles. The molecule has 0 atom stereocenters. The number of halogens is 1. The van der Waals surface area contributed by atoms with E-state index in [2.05, 4.69) is 46.8 Å². The Morgan fingerprint density at radius 2 is 1.70 bits per heavy atom. The minimum Gasteiger partial charge on any atom is -0.312 e. The van der Waals surface area contributed by atoms with Crippen molar-refractivity contribution in [3.8, 4) is 11.3 Å². The molecule has 1 aromatic heterocycles. The number of thiazole rings is 1. The van der Waals surface area contributed by atoms with Crippen molar-refractivity contribution in [3.63, 3.8) is 0 Å². The molecule has 1 amide bonds. The first-order valence-corrected chi connectivity index (χ1v) is 11.7. The number of hydrogen-bond acceptors (Lipinski definition) is 5. The molecular formula is C26H23ClN4OS. The van der Waals surface area contributed by atoms with Crippen LogP contribution in [0.3, 0.4) is 0 Å². The van der Waals surface area contributed by atoms with Crippen LogP contribution < -0.4 is 10.7 Å². The van der Waals surface area contributed by atoms with Crippen molar-refractivity contribution in [2.24, 2.45) is 5.10 Å². The fourth-order valence-electron chi connectivity index (χ4n) is 3.15. The standard InChI is InChI=1S/C26H23ClN4OS/c1-17(2)19-10-8-18(9-11-19)16-28-31-26-29-23(20-6-4-3-5-7-20)25(33-26)30-24(32)21-12-14-22(27)15-13-21/h3-17H,1-2H3,(H,29,31)(H,30,32)/b28-16-. The minimum atomic E-state index is -0.229. The van der Waals surface area contributed by atoms with Crippen LogP contribution in [0.5, 0.6) is 0 Å². The van der Waals surface area contributed by atoms with Crippen LogP contribution in [0.4, 0.5) is 10.1 Å². The number of hydrazone groups is 1. The summed E-state index contributed by atoms with van der Waals surface area (Å²) in [6, 6.07) is 24.8. The van der Waals surface area contributed by atoms with Gasteiger partial charge in [-0.25, -0.2) is 4.98 Å². The van der Waals surface area contributed by atoms with Gasteiger partial charge in [-0.05, 0) is 41.3 Å². The monoisotopic (exact) mass is 474 g/mol. The van der Waals surface area contributed by atoms with Gasteiger partial charge in [0.2, 0.25) is 5.13 Å². The van der Waals surface area contributed by atoms with Gasteiger partial charge in [-0.15, -0.1) is 0 Å². The van der Waals surface area contributed by atoms with Crippen molar-refractivity contribution >= 4 is 45.2 Å². The molecule has 0 aliphatic rings. The fraction of sp³-hybridized carbons (Fsp3) is 0.115. The molecular weight excluding hydrogens is 452 g/mol. The Kier molecular flexibility index (Phi) is 7.17. The van der Waals surface area contributed by atoms with E-state index >= 15 is 0 Å². The van der Waals surface area contributed by atoms with E-state index in [-0.39, 0.29) is 5.91 Å². The number of carbonyl (C=O) groups excluding carboxylic acids is 1. The first-order chi connectivity index (χ1) is 16.0. The number of nitrogens with one attached hydrogen (secondary N) is 2. The molecule has 4 rings (SSSR count). The molecule has 0 aliphatic carbocycles. The Hall–Kier alpha value is -3.48. The summed E-state index contributed by atoms with van der Waals surface area (Å²) >= 11 is 7.27. The summed E-state index contributed by atoms with van der Waals surface area (Å²) < 4.78 is 0. The molecule has 0 fully saturated rings. The van der Waals surface area contributed by atoms with Crippen LogP contribution >= 0.6 is 22.9 Å². The molecule has 166 valence electrons. The summed E-state index contributed by atoms with van der Waals surface area (Å²) in [5, 5.41) is 9.10. The van der Waals surface area contributed by atoms with Gasteiger partial charge >= 0.3 is 0 Å². The van der Waals surface area contributed by atoms with Gasteiger partial charge in [0.15, 0.2) is 0 Å². The maximum absolute atomic E-state index is 12.8. The van der Waals surface area contributed by atoms with Crippen molar-refractivity contribution in [1.29, 1.82) is 0 Å². The van der Waals surface area contributed by atoms with Crippen molar-refractivity contribution in [2.45, 2.75) is 19.8 Å². The number of rotatable bonds is 7. The predicted octanol–water partition coefficient (Wildman–Crippen LogP) is 7.29. The molecule has 0 spiro atoms. The largest absolute Gasteiger partial charge is 0.312 e. The predicted molar refractivity (Wildman–Crippen MR) is 139 cm³/mol. The second-order valence-corrected chi connectivity index (χ2v) is 9.15. The number of carbonyl (C=O) groups is 1. The number of amides is 1. The van der Waals surface area contributed by atoms with Gasteiger partial charge in [0.05, 0.1) is 6.21 Å². The van der Waals surface area contributed by atoms with E-state index in [0.717, 1.165) is 11.1 Å². The Morgan fingerprint density at radius 3 is 2.36 bits per heavy atom. The quantitative estimate of drug-likeness (QED) is 0.218. The van der Waals surface area contributed by atoms with Gasteiger partial charge in [0.1, 0.15) is 10.7 Å². The maximum Gasteiger partial charge on any atom is 0.256 e. The summed E-state index contributed by atoms with van der Waals surface area (Å²) in [6.45, 7) is 4.33. The number of aromatic nitrogens is 1. The zero-order valence-electron chi connectivity index (χ0n) is 18.2. The van der Waals surface area contributed by atoms with Crippen molar-refractivity contribution in [3.05, 3.63) is 101 Å². The van der Waals surface area contributed by atoms with Gasteiger partial charge < -0.3 is 5.32 Å². The lowest BCUT2D eigenvalue weighted by molar-refractivity contribution is 0.102. The summed E-state index contributed by atoms with van der Waals surface area (Å²) in [5.41, 5.74) is 7.37. The first kappa shape index (κ1) is 22.7. The number of benzene rings is 3. The second kappa shape index (κ2) is 10.4. The Bertz CT molecular complexity index is 1250. The maximum atomic E-state index is 12.8. The van der Waals surface area contributed by atoms with Crippen LogP contribution in [-0.4, -0.2) is 17.1 Å². The van der Waals surface area contributed by atoms with E-state index < -0.39 is 0 Å². The third-order valence-corrected chi connectivity index (χ3v) is 6.11. The average Bonchev–Trinajstić information content (AvgIpc) is 3.22. The molecule has 0 unspecified atom stereocenters. The zero-order chi connectivity index (χ0) is 23.2. The molecule has 2 N–H and O–H groups in total. The molecule has 0 saturated heterocycles. The van der Waals surface area contributed by atoms with Crippen LogP contribution in [0.25, 0.3) is 11.3 Å².